The number of hydroxylamine groups is 2. The summed E-state index contributed by atoms with van der Waals surface area (Å²) in [6.45, 7) is 2.51. The van der Waals surface area contributed by atoms with E-state index in [1.165, 1.54) is 7.11 Å². The molecule has 234 valence electrons. The van der Waals surface area contributed by atoms with Crippen LogP contribution in [0.3, 0.4) is 0 Å². The molecule has 1 heterocycles. The number of amides is 1. The van der Waals surface area contributed by atoms with Crippen LogP contribution in [0.2, 0.25) is 0 Å². The molecular formula is C34H39NO9. The van der Waals surface area contributed by atoms with Crippen molar-refractivity contribution in [3.8, 4) is 46.5 Å². The molecule has 1 aliphatic heterocycles. The molecule has 0 saturated carbocycles. The number of ether oxygens (including phenoxy) is 7. The second kappa shape index (κ2) is 15.2. The van der Waals surface area contributed by atoms with E-state index in [1.807, 2.05) is 31.2 Å². The zero-order valence-corrected chi connectivity index (χ0v) is 26.0. The zero-order chi connectivity index (χ0) is 31.6. The Morgan fingerprint density at radius 2 is 1.41 bits per heavy atom. The van der Waals surface area contributed by atoms with Crippen LogP contribution in [0.1, 0.15) is 65.4 Å². The minimum absolute atomic E-state index is 0.189. The standard InChI is InChI=1S/C34H39NO9/c1-7-17-43-32-23(9-8-16-35(37)34(36)22-10-12-26(38-2)13-11-22)18-24(19-29(32)39-3)27-14-15-28(44-27)25-20-30(40-4)33(42-6)31(21-25)41-5/h10-13,18-21,27-28,37H,7,9,14-15,17H2,1-6H3. The highest BCUT2D eigenvalue weighted by Gasteiger charge is 2.31. The number of methoxy groups -OCH3 is 5. The fraction of sp³-hybridized carbons (Fsp3) is 0.382. The normalized spacial score (nSPS) is 15.5. The summed E-state index contributed by atoms with van der Waals surface area (Å²) in [4.78, 5) is 12.6. The van der Waals surface area contributed by atoms with Crippen LogP contribution in [0.15, 0.2) is 48.5 Å². The van der Waals surface area contributed by atoms with Gasteiger partial charge in [-0.25, -0.2) is 0 Å². The molecule has 4 rings (SSSR count). The highest BCUT2D eigenvalue weighted by atomic mass is 16.5. The Morgan fingerprint density at radius 1 is 0.841 bits per heavy atom. The van der Waals surface area contributed by atoms with Crippen LogP contribution in [0.25, 0.3) is 0 Å². The second-order valence-electron chi connectivity index (χ2n) is 10.0. The lowest BCUT2D eigenvalue weighted by Crippen LogP contribution is -2.22. The molecule has 1 saturated heterocycles. The van der Waals surface area contributed by atoms with Crippen LogP contribution >= 0.6 is 0 Å². The Bertz CT molecular complexity index is 1470. The van der Waals surface area contributed by atoms with E-state index in [-0.39, 0.29) is 24.2 Å². The molecule has 0 aromatic heterocycles. The van der Waals surface area contributed by atoms with Crippen molar-refractivity contribution < 1.29 is 43.2 Å². The third kappa shape index (κ3) is 7.30. The Labute approximate surface area is 258 Å². The molecule has 10 nitrogen and oxygen atoms in total. The van der Waals surface area contributed by atoms with Gasteiger partial charge in [-0.15, -0.1) is 5.06 Å². The van der Waals surface area contributed by atoms with E-state index in [0.717, 1.165) is 36.0 Å². The Balaban J connectivity index is 1.58. The van der Waals surface area contributed by atoms with Crippen molar-refractivity contribution >= 4 is 5.91 Å². The van der Waals surface area contributed by atoms with Gasteiger partial charge in [-0.05, 0) is 78.9 Å². The lowest BCUT2D eigenvalue weighted by molar-refractivity contribution is -0.0117. The maximum Gasteiger partial charge on any atom is 0.289 e. The fourth-order valence-electron chi connectivity index (χ4n) is 5.05. The number of carbonyl (C=O) groups is 1. The highest BCUT2D eigenvalue weighted by Crippen LogP contribution is 2.47. The summed E-state index contributed by atoms with van der Waals surface area (Å²) in [5.41, 5.74) is 2.86. The average molecular weight is 606 g/mol. The molecule has 1 N–H and O–H groups in total. The van der Waals surface area contributed by atoms with E-state index in [9.17, 15) is 10.0 Å². The molecule has 3 aromatic carbocycles. The topological polar surface area (TPSA) is 105 Å². The molecule has 1 fully saturated rings. The van der Waals surface area contributed by atoms with Gasteiger partial charge in [-0.2, -0.15) is 0 Å². The predicted octanol–water partition coefficient (Wildman–Crippen LogP) is 6.15. The summed E-state index contributed by atoms with van der Waals surface area (Å²) in [6, 6.07) is 16.6. The van der Waals surface area contributed by atoms with Gasteiger partial charge in [0.25, 0.3) is 5.91 Å². The number of rotatable bonds is 12. The quantitative estimate of drug-likeness (QED) is 0.113. The molecule has 1 aliphatic rings. The largest absolute Gasteiger partial charge is 0.497 e. The van der Waals surface area contributed by atoms with E-state index in [4.69, 9.17) is 33.2 Å². The van der Waals surface area contributed by atoms with Crippen LogP contribution in [0.5, 0.6) is 34.5 Å². The third-order valence-corrected chi connectivity index (χ3v) is 7.27. The van der Waals surface area contributed by atoms with Gasteiger partial charge < -0.3 is 33.2 Å². The Morgan fingerprint density at radius 3 is 1.93 bits per heavy atom. The summed E-state index contributed by atoms with van der Waals surface area (Å²) in [7, 11) is 7.87. The van der Waals surface area contributed by atoms with Crippen LogP contribution in [0.4, 0.5) is 0 Å². The lowest BCUT2D eigenvalue weighted by Gasteiger charge is -2.20. The molecular weight excluding hydrogens is 566 g/mol. The molecule has 0 radical (unpaired) electrons. The van der Waals surface area contributed by atoms with Crippen molar-refractivity contribution in [1.29, 1.82) is 0 Å². The van der Waals surface area contributed by atoms with Crippen molar-refractivity contribution in [2.45, 2.75) is 44.8 Å². The summed E-state index contributed by atoms with van der Waals surface area (Å²) < 4.78 is 40.0. The first kappa shape index (κ1) is 32.3. The minimum Gasteiger partial charge on any atom is -0.497 e. The van der Waals surface area contributed by atoms with E-state index >= 15 is 0 Å². The molecule has 0 bridgehead atoms. The van der Waals surface area contributed by atoms with Gasteiger partial charge >= 0.3 is 0 Å². The van der Waals surface area contributed by atoms with Crippen LogP contribution in [-0.4, -0.2) is 58.3 Å². The van der Waals surface area contributed by atoms with Gasteiger partial charge in [0.1, 0.15) is 5.75 Å². The lowest BCUT2D eigenvalue weighted by atomic mass is 9.99. The first-order valence-corrected chi connectivity index (χ1v) is 14.3. The summed E-state index contributed by atoms with van der Waals surface area (Å²) in [5, 5.41) is 10.7. The number of nitrogens with zero attached hydrogens (tertiary/aromatic N) is 1. The minimum atomic E-state index is -0.647. The molecule has 0 aliphatic carbocycles. The van der Waals surface area contributed by atoms with Crippen molar-refractivity contribution in [2.24, 2.45) is 0 Å². The number of hydrogen-bond acceptors (Lipinski definition) is 9. The maximum atomic E-state index is 12.6. The highest BCUT2D eigenvalue weighted by molar-refractivity contribution is 5.94. The van der Waals surface area contributed by atoms with Crippen molar-refractivity contribution in [3.05, 3.63) is 70.8 Å². The molecule has 2 atom stereocenters. The van der Waals surface area contributed by atoms with Gasteiger partial charge in [0, 0.05) is 23.6 Å². The third-order valence-electron chi connectivity index (χ3n) is 7.27. The van der Waals surface area contributed by atoms with E-state index < -0.39 is 5.91 Å². The summed E-state index contributed by atoms with van der Waals surface area (Å²) in [5.74, 6) is 5.64. The van der Waals surface area contributed by atoms with E-state index in [2.05, 4.69) is 12.0 Å². The Hall–Kier alpha value is -4.59. The summed E-state index contributed by atoms with van der Waals surface area (Å²) in [6.07, 6.45) is 2.14. The molecule has 44 heavy (non-hydrogen) atoms. The number of benzene rings is 3. The first-order valence-electron chi connectivity index (χ1n) is 14.3. The van der Waals surface area contributed by atoms with Gasteiger partial charge in [-0.3, -0.25) is 10.0 Å². The van der Waals surface area contributed by atoms with Crippen LogP contribution in [-0.2, 0) is 11.2 Å². The smallest absolute Gasteiger partial charge is 0.289 e. The van der Waals surface area contributed by atoms with Crippen LogP contribution < -0.4 is 28.4 Å². The molecule has 1 amide bonds. The Kier molecular flexibility index (Phi) is 11.2. The van der Waals surface area contributed by atoms with Gasteiger partial charge in [0.05, 0.1) is 54.4 Å². The fourth-order valence-corrected chi connectivity index (χ4v) is 5.05. The summed E-state index contributed by atoms with van der Waals surface area (Å²) >= 11 is 0. The van der Waals surface area contributed by atoms with Crippen molar-refractivity contribution in [1.82, 2.24) is 5.06 Å². The number of carbonyl (C=O) groups excluding carboxylic acids is 1. The predicted molar refractivity (Wildman–Crippen MR) is 163 cm³/mol. The first-order chi connectivity index (χ1) is 21.4. The molecule has 2 unspecified atom stereocenters. The monoisotopic (exact) mass is 605 g/mol. The van der Waals surface area contributed by atoms with E-state index in [1.54, 1.807) is 52.7 Å². The molecule has 0 spiro atoms. The van der Waals surface area contributed by atoms with Gasteiger partial charge in [0.2, 0.25) is 5.75 Å². The van der Waals surface area contributed by atoms with Gasteiger partial charge in [-0.1, -0.05) is 12.8 Å². The number of hydrogen-bond donors (Lipinski definition) is 1. The molecule has 3 aromatic rings. The second-order valence-corrected chi connectivity index (χ2v) is 10.0. The molecule has 10 heteroatoms. The SMILES string of the molecule is CCCOc1c(CC#CN(O)C(=O)c2ccc(OC)cc2)cc(C2CCC(c3cc(OC)c(OC)c(OC)c3)O2)cc1OC. The maximum absolute atomic E-state index is 12.6. The zero-order valence-electron chi connectivity index (χ0n) is 26.0. The van der Waals surface area contributed by atoms with Gasteiger partial charge in [0.15, 0.2) is 23.0 Å². The van der Waals surface area contributed by atoms with Crippen molar-refractivity contribution in [3.63, 3.8) is 0 Å². The average Bonchev–Trinajstić information content (AvgIpc) is 3.56. The van der Waals surface area contributed by atoms with Crippen LogP contribution in [0, 0.1) is 12.0 Å². The van der Waals surface area contributed by atoms with E-state index in [0.29, 0.717) is 46.2 Å². The van der Waals surface area contributed by atoms with Crippen molar-refractivity contribution in [2.75, 3.05) is 42.2 Å².